The third-order valence-corrected chi connectivity index (χ3v) is 3.53. The average Bonchev–Trinajstić information content (AvgIpc) is 2.67. The van der Waals surface area contributed by atoms with Crippen molar-refractivity contribution in [3.05, 3.63) is 78.9 Å². The fourth-order valence-electron chi connectivity index (χ4n) is 2.13. The van der Waals surface area contributed by atoms with E-state index in [-0.39, 0.29) is 0 Å². The molecule has 0 saturated carbocycles. The van der Waals surface area contributed by atoms with Crippen molar-refractivity contribution in [3.8, 4) is 0 Å². The standard InChI is InChI=1S/C20H19N5/c1-25(2)20-14-12-19(13-15-20)24-23-18-10-8-17(9-11-18)22-21-16-6-4-3-5-7-16/h3-15H,1-2H3/b22-21+,24-23?. The lowest BCUT2D eigenvalue weighted by Gasteiger charge is -2.11. The van der Waals surface area contributed by atoms with Gasteiger partial charge in [0.15, 0.2) is 0 Å². The van der Waals surface area contributed by atoms with Crippen molar-refractivity contribution < 1.29 is 0 Å². The van der Waals surface area contributed by atoms with E-state index in [0.717, 1.165) is 28.4 Å². The molecule has 0 spiro atoms. The number of hydrogen-bond acceptors (Lipinski definition) is 5. The minimum atomic E-state index is 0.773. The van der Waals surface area contributed by atoms with Gasteiger partial charge in [0, 0.05) is 19.8 Å². The summed E-state index contributed by atoms with van der Waals surface area (Å²) in [6, 6.07) is 25.0. The Morgan fingerprint density at radius 2 is 0.840 bits per heavy atom. The van der Waals surface area contributed by atoms with Crippen LogP contribution in [0.4, 0.5) is 28.4 Å². The molecule has 0 heterocycles. The number of rotatable bonds is 5. The Kier molecular flexibility index (Phi) is 5.26. The Bertz CT molecular complexity index is 851. The number of anilines is 1. The number of hydrogen-bond donors (Lipinski definition) is 0. The van der Waals surface area contributed by atoms with Gasteiger partial charge >= 0.3 is 0 Å². The molecule has 0 saturated heterocycles. The van der Waals surface area contributed by atoms with Crippen molar-refractivity contribution in [2.75, 3.05) is 19.0 Å². The molecular formula is C20H19N5. The summed E-state index contributed by atoms with van der Waals surface area (Å²) in [5.41, 5.74) is 4.33. The molecule has 25 heavy (non-hydrogen) atoms. The van der Waals surface area contributed by atoms with Crippen molar-refractivity contribution in [2.24, 2.45) is 20.5 Å². The van der Waals surface area contributed by atoms with E-state index < -0.39 is 0 Å². The second-order valence-electron chi connectivity index (χ2n) is 5.66. The molecule has 0 radical (unpaired) electrons. The molecular weight excluding hydrogens is 310 g/mol. The second kappa shape index (κ2) is 7.97. The van der Waals surface area contributed by atoms with Crippen molar-refractivity contribution in [3.63, 3.8) is 0 Å². The van der Waals surface area contributed by atoms with Gasteiger partial charge in [0.05, 0.1) is 22.7 Å². The maximum absolute atomic E-state index is 4.25. The van der Waals surface area contributed by atoms with E-state index in [0.29, 0.717) is 0 Å². The number of azo groups is 2. The van der Waals surface area contributed by atoms with Crippen LogP contribution >= 0.6 is 0 Å². The van der Waals surface area contributed by atoms with Gasteiger partial charge in [-0.25, -0.2) is 0 Å². The summed E-state index contributed by atoms with van der Waals surface area (Å²) in [6.07, 6.45) is 0. The van der Waals surface area contributed by atoms with Gasteiger partial charge in [-0.15, -0.1) is 0 Å². The first-order valence-electron chi connectivity index (χ1n) is 7.97. The Hall–Kier alpha value is -3.34. The molecule has 3 aromatic carbocycles. The second-order valence-corrected chi connectivity index (χ2v) is 5.66. The number of nitrogens with zero attached hydrogens (tertiary/aromatic N) is 5. The van der Waals surface area contributed by atoms with Crippen LogP contribution in [0.2, 0.25) is 0 Å². The van der Waals surface area contributed by atoms with Gasteiger partial charge in [0.1, 0.15) is 0 Å². The molecule has 3 rings (SSSR count). The van der Waals surface area contributed by atoms with Crippen LogP contribution in [0.1, 0.15) is 0 Å². The largest absolute Gasteiger partial charge is 0.378 e. The highest BCUT2D eigenvalue weighted by Gasteiger charge is 1.96. The maximum Gasteiger partial charge on any atom is 0.0858 e. The maximum atomic E-state index is 4.25. The molecule has 0 unspecified atom stereocenters. The van der Waals surface area contributed by atoms with Crippen LogP contribution < -0.4 is 4.90 Å². The zero-order chi connectivity index (χ0) is 17.5. The molecule has 3 aromatic rings. The lowest BCUT2D eigenvalue weighted by Crippen LogP contribution is -2.07. The Morgan fingerprint density at radius 1 is 0.480 bits per heavy atom. The van der Waals surface area contributed by atoms with Crippen molar-refractivity contribution in [1.29, 1.82) is 0 Å². The third kappa shape index (κ3) is 4.81. The molecule has 0 aromatic heterocycles. The SMILES string of the molecule is CN(C)c1ccc(N=Nc2ccc(/N=N/c3ccccc3)cc2)cc1. The van der Waals surface area contributed by atoms with Gasteiger partial charge < -0.3 is 4.90 Å². The van der Waals surface area contributed by atoms with E-state index in [1.807, 2.05) is 97.9 Å². The summed E-state index contributed by atoms with van der Waals surface area (Å²) in [4.78, 5) is 2.05. The Balaban J connectivity index is 1.65. The lowest BCUT2D eigenvalue weighted by molar-refractivity contribution is 1.13. The summed E-state index contributed by atoms with van der Waals surface area (Å²) in [5, 5.41) is 16.9. The molecule has 0 aliphatic rings. The molecule has 5 nitrogen and oxygen atoms in total. The minimum Gasteiger partial charge on any atom is -0.378 e. The highest BCUT2D eigenvalue weighted by Crippen LogP contribution is 2.24. The quantitative estimate of drug-likeness (QED) is 0.487. The van der Waals surface area contributed by atoms with Gasteiger partial charge in [-0.2, -0.15) is 20.5 Å². The molecule has 124 valence electrons. The normalized spacial score (nSPS) is 11.3. The van der Waals surface area contributed by atoms with E-state index in [9.17, 15) is 0 Å². The summed E-state index contributed by atoms with van der Waals surface area (Å²) in [5.74, 6) is 0. The molecule has 0 N–H and O–H groups in total. The monoisotopic (exact) mass is 329 g/mol. The molecule has 5 heteroatoms. The molecule has 0 amide bonds. The van der Waals surface area contributed by atoms with Crippen LogP contribution in [0.15, 0.2) is 99.3 Å². The first kappa shape index (κ1) is 16.5. The smallest absolute Gasteiger partial charge is 0.0858 e. The Labute approximate surface area is 147 Å². The van der Waals surface area contributed by atoms with Crippen LogP contribution in [-0.2, 0) is 0 Å². The molecule has 0 bridgehead atoms. The average molecular weight is 329 g/mol. The highest BCUT2D eigenvalue weighted by molar-refractivity contribution is 5.52. The summed E-state index contributed by atoms with van der Waals surface area (Å²) in [6.45, 7) is 0. The molecule has 0 atom stereocenters. The molecule has 0 fully saturated rings. The van der Waals surface area contributed by atoms with Gasteiger partial charge in [0.25, 0.3) is 0 Å². The summed E-state index contributed by atoms with van der Waals surface area (Å²) >= 11 is 0. The lowest BCUT2D eigenvalue weighted by atomic mass is 10.3. The fraction of sp³-hybridized carbons (Fsp3) is 0.100. The van der Waals surface area contributed by atoms with E-state index in [1.165, 1.54) is 0 Å². The van der Waals surface area contributed by atoms with Gasteiger partial charge in [-0.1, -0.05) is 18.2 Å². The van der Waals surface area contributed by atoms with Crippen LogP contribution in [0.3, 0.4) is 0 Å². The van der Waals surface area contributed by atoms with Crippen molar-refractivity contribution >= 4 is 28.4 Å². The van der Waals surface area contributed by atoms with Gasteiger partial charge in [-0.3, -0.25) is 0 Å². The topological polar surface area (TPSA) is 52.7 Å². The van der Waals surface area contributed by atoms with Crippen LogP contribution in [0.25, 0.3) is 0 Å². The fourth-order valence-corrected chi connectivity index (χ4v) is 2.13. The predicted octanol–water partition coefficient (Wildman–Crippen LogP) is 6.58. The van der Waals surface area contributed by atoms with Gasteiger partial charge in [-0.05, 0) is 60.7 Å². The summed E-state index contributed by atoms with van der Waals surface area (Å²) < 4.78 is 0. The van der Waals surface area contributed by atoms with Crippen LogP contribution in [0, 0.1) is 0 Å². The first-order chi connectivity index (χ1) is 12.2. The first-order valence-corrected chi connectivity index (χ1v) is 7.97. The van der Waals surface area contributed by atoms with E-state index in [2.05, 4.69) is 20.5 Å². The van der Waals surface area contributed by atoms with E-state index >= 15 is 0 Å². The predicted molar refractivity (Wildman–Crippen MR) is 102 cm³/mol. The van der Waals surface area contributed by atoms with Gasteiger partial charge in [0.2, 0.25) is 0 Å². The van der Waals surface area contributed by atoms with Crippen molar-refractivity contribution in [2.45, 2.75) is 0 Å². The van der Waals surface area contributed by atoms with E-state index in [1.54, 1.807) is 0 Å². The third-order valence-electron chi connectivity index (χ3n) is 3.53. The van der Waals surface area contributed by atoms with Crippen molar-refractivity contribution in [1.82, 2.24) is 0 Å². The molecule has 0 aliphatic heterocycles. The molecule has 0 aliphatic carbocycles. The summed E-state index contributed by atoms with van der Waals surface area (Å²) in [7, 11) is 4.01. The zero-order valence-electron chi connectivity index (χ0n) is 14.2. The van der Waals surface area contributed by atoms with Crippen LogP contribution in [-0.4, -0.2) is 14.1 Å². The zero-order valence-corrected chi connectivity index (χ0v) is 14.2. The minimum absolute atomic E-state index is 0.773. The highest BCUT2D eigenvalue weighted by atomic mass is 15.1. The Morgan fingerprint density at radius 3 is 1.24 bits per heavy atom. The number of benzene rings is 3. The van der Waals surface area contributed by atoms with E-state index in [4.69, 9.17) is 0 Å². The van der Waals surface area contributed by atoms with Crippen LogP contribution in [0.5, 0.6) is 0 Å².